The van der Waals surface area contributed by atoms with Crippen molar-refractivity contribution >= 4 is 5.69 Å². The quantitative estimate of drug-likeness (QED) is 0.718. The van der Waals surface area contributed by atoms with Crippen LogP contribution in [0.3, 0.4) is 0 Å². The van der Waals surface area contributed by atoms with Gasteiger partial charge in [-0.25, -0.2) is 0 Å². The molecule has 0 aromatic carbocycles. The predicted octanol–water partition coefficient (Wildman–Crippen LogP) is 1.36. The van der Waals surface area contributed by atoms with Gasteiger partial charge in [-0.05, 0) is 18.1 Å². The molecule has 1 aliphatic rings. The number of aromatic nitrogens is 1. The molecule has 2 unspecified atom stereocenters. The van der Waals surface area contributed by atoms with Gasteiger partial charge in [0.1, 0.15) is 0 Å². The molecule has 0 saturated heterocycles. The summed E-state index contributed by atoms with van der Waals surface area (Å²) in [4.78, 5) is 4.03. The average Bonchev–Trinajstić information content (AvgIpc) is 2.60. The van der Waals surface area contributed by atoms with Crippen LogP contribution in [0.25, 0.3) is 0 Å². The zero-order valence-corrected chi connectivity index (χ0v) is 7.70. The second-order valence-corrected chi connectivity index (χ2v) is 3.43. The maximum atomic E-state index is 9.74. The zero-order valence-electron chi connectivity index (χ0n) is 7.70. The van der Waals surface area contributed by atoms with Gasteiger partial charge in [0.05, 0.1) is 18.0 Å². The highest BCUT2D eigenvalue weighted by atomic mass is 16.3. The number of hydrogen-bond donors (Lipinski definition) is 2. The minimum Gasteiger partial charge on any atom is -0.392 e. The van der Waals surface area contributed by atoms with Crippen molar-refractivity contribution in [3.63, 3.8) is 0 Å². The van der Waals surface area contributed by atoms with Crippen molar-refractivity contribution in [2.45, 2.75) is 25.4 Å². The number of anilines is 1. The van der Waals surface area contributed by atoms with E-state index >= 15 is 0 Å². The van der Waals surface area contributed by atoms with Gasteiger partial charge in [-0.2, -0.15) is 0 Å². The highest BCUT2D eigenvalue weighted by Gasteiger charge is 2.27. The lowest BCUT2D eigenvalue weighted by molar-refractivity contribution is 0.145. The zero-order chi connectivity index (χ0) is 9.26. The number of rotatable bonds is 2. The van der Waals surface area contributed by atoms with E-state index < -0.39 is 0 Å². The smallest absolute Gasteiger partial charge is 0.0623 e. The third-order valence-corrected chi connectivity index (χ3v) is 2.65. The summed E-state index contributed by atoms with van der Waals surface area (Å²) in [6, 6.07) is 1.98. The highest BCUT2D eigenvalue weighted by molar-refractivity contribution is 5.56. The van der Waals surface area contributed by atoms with Gasteiger partial charge >= 0.3 is 0 Å². The van der Waals surface area contributed by atoms with E-state index in [0.29, 0.717) is 0 Å². The summed E-state index contributed by atoms with van der Waals surface area (Å²) in [5.74, 6) is 0.239. The van der Waals surface area contributed by atoms with Crippen LogP contribution in [0.2, 0.25) is 0 Å². The first-order valence-electron chi connectivity index (χ1n) is 4.68. The van der Waals surface area contributed by atoms with Gasteiger partial charge in [0.25, 0.3) is 0 Å². The second-order valence-electron chi connectivity index (χ2n) is 3.43. The van der Waals surface area contributed by atoms with Crippen LogP contribution >= 0.6 is 0 Å². The first-order chi connectivity index (χ1) is 6.33. The monoisotopic (exact) mass is 178 g/mol. The third kappa shape index (κ3) is 1.40. The normalized spacial score (nSPS) is 22.2. The molecule has 0 bridgehead atoms. The van der Waals surface area contributed by atoms with Crippen molar-refractivity contribution < 1.29 is 5.11 Å². The molecule has 0 saturated carbocycles. The summed E-state index contributed by atoms with van der Waals surface area (Å²) >= 11 is 0. The molecule has 2 N–H and O–H groups in total. The molecule has 3 nitrogen and oxygen atoms in total. The predicted molar refractivity (Wildman–Crippen MR) is 51.8 cm³/mol. The minimum absolute atomic E-state index is 0.239. The topological polar surface area (TPSA) is 45.1 Å². The van der Waals surface area contributed by atoms with E-state index in [1.807, 2.05) is 19.2 Å². The minimum atomic E-state index is -0.240. The van der Waals surface area contributed by atoms with Crippen molar-refractivity contribution in [3.05, 3.63) is 24.0 Å². The van der Waals surface area contributed by atoms with E-state index in [-0.39, 0.29) is 12.0 Å². The molecule has 1 aliphatic heterocycles. The number of aliphatic hydroxyl groups excluding tert-OH is 1. The van der Waals surface area contributed by atoms with E-state index in [0.717, 1.165) is 18.7 Å². The van der Waals surface area contributed by atoms with Gasteiger partial charge in [-0.1, -0.05) is 6.92 Å². The molecule has 0 radical (unpaired) electrons. The first-order valence-corrected chi connectivity index (χ1v) is 4.68. The van der Waals surface area contributed by atoms with E-state index in [1.54, 1.807) is 6.20 Å². The number of nitrogens with one attached hydrogen (secondary N) is 1. The lowest BCUT2D eigenvalue weighted by atomic mass is 9.95. The number of hydrogen-bond acceptors (Lipinski definition) is 3. The fraction of sp³-hybridized carbons (Fsp3) is 0.500. The van der Waals surface area contributed by atoms with Crippen LogP contribution in [0.15, 0.2) is 18.5 Å². The molecule has 2 atom stereocenters. The lowest BCUT2D eigenvalue weighted by Gasteiger charge is -2.15. The molecule has 3 heteroatoms. The molecule has 13 heavy (non-hydrogen) atoms. The van der Waals surface area contributed by atoms with Crippen LogP contribution in [-0.4, -0.2) is 22.7 Å². The average molecular weight is 178 g/mol. The molecule has 1 aromatic heterocycles. The van der Waals surface area contributed by atoms with Crippen molar-refractivity contribution in [1.82, 2.24) is 4.98 Å². The van der Waals surface area contributed by atoms with Crippen molar-refractivity contribution in [3.8, 4) is 0 Å². The van der Waals surface area contributed by atoms with Crippen molar-refractivity contribution in [2.24, 2.45) is 0 Å². The fourth-order valence-corrected chi connectivity index (χ4v) is 1.83. The van der Waals surface area contributed by atoms with Crippen LogP contribution in [0.4, 0.5) is 5.69 Å². The van der Waals surface area contributed by atoms with Crippen molar-refractivity contribution in [1.29, 1.82) is 0 Å². The van der Waals surface area contributed by atoms with Gasteiger partial charge in [-0.3, -0.25) is 4.98 Å². The molecule has 0 spiro atoms. The summed E-state index contributed by atoms with van der Waals surface area (Å²) in [6.45, 7) is 2.83. The lowest BCUT2D eigenvalue weighted by Crippen LogP contribution is -2.18. The largest absolute Gasteiger partial charge is 0.392 e. The SMILES string of the molecule is CCC(O)C1CNc2cnccc21. The van der Waals surface area contributed by atoms with E-state index in [2.05, 4.69) is 10.3 Å². The van der Waals surface area contributed by atoms with Gasteiger partial charge < -0.3 is 10.4 Å². The van der Waals surface area contributed by atoms with Crippen LogP contribution in [0.5, 0.6) is 0 Å². The molecular weight excluding hydrogens is 164 g/mol. The third-order valence-electron chi connectivity index (χ3n) is 2.65. The Morgan fingerprint density at radius 1 is 1.77 bits per heavy atom. The molecular formula is C10H14N2O. The Kier molecular flexibility index (Phi) is 2.19. The molecule has 70 valence electrons. The second kappa shape index (κ2) is 3.34. The van der Waals surface area contributed by atoms with E-state index in [4.69, 9.17) is 0 Å². The Bertz CT molecular complexity index is 301. The molecule has 2 heterocycles. The Balaban J connectivity index is 2.28. The van der Waals surface area contributed by atoms with Crippen LogP contribution in [-0.2, 0) is 0 Å². The summed E-state index contributed by atoms with van der Waals surface area (Å²) in [6.07, 6.45) is 4.16. The molecule has 0 aliphatic carbocycles. The summed E-state index contributed by atoms with van der Waals surface area (Å²) in [5.41, 5.74) is 2.27. The van der Waals surface area contributed by atoms with Crippen LogP contribution in [0, 0.1) is 0 Å². The van der Waals surface area contributed by atoms with Crippen LogP contribution in [0.1, 0.15) is 24.8 Å². The fourth-order valence-electron chi connectivity index (χ4n) is 1.83. The van der Waals surface area contributed by atoms with Crippen molar-refractivity contribution in [2.75, 3.05) is 11.9 Å². The van der Waals surface area contributed by atoms with Gasteiger partial charge in [0, 0.05) is 18.7 Å². The van der Waals surface area contributed by atoms with Gasteiger partial charge in [0.15, 0.2) is 0 Å². The van der Waals surface area contributed by atoms with Gasteiger partial charge in [0.2, 0.25) is 0 Å². The maximum Gasteiger partial charge on any atom is 0.0623 e. The first kappa shape index (κ1) is 8.51. The summed E-state index contributed by atoms with van der Waals surface area (Å²) < 4.78 is 0. The summed E-state index contributed by atoms with van der Waals surface area (Å²) in [7, 11) is 0. The number of aliphatic hydroxyl groups is 1. The number of pyridine rings is 1. The van der Waals surface area contributed by atoms with Gasteiger partial charge in [-0.15, -0.1) is 0 Å². The van der Waals surface area contributed by atoms with E-state index in [1.165, 1.54) is 5.56 Å². The Morgan fingerprint density at radius 3 is 3.38 bits per heavy atom. The molecule has 0 amide bonds. The molecule has 0 fully saturated rings. The molecule has 1 aromatic rings. The maximum absolute atomic E-state index is 9.74. The van der Waals surface area contributed by atoms with Crippen LogP contribution < -0.4 is 5.32 Å². The number of fused-ring (bicyclic) bond motifs is 1. The number of nitrogens with zero attached hydrogens (tertiary/aromatic N) is 1. The highest BCUT2D eigenvalue weighted by Crippen LogP contribution is 2.33. The standard InChI is InChI=1S/C10H14N2O/c1-2-10(13)8-5-12-9-6-11-4-3-7(8)9/h3-4,6,8,10,12-13H,2,5H2,1H3. The summed E-state index contributed by atoms with van der Waals surface area (Å²) in [5, 5.41) is 13.0. The Morgan fingerprint density at radius 2 is 2.62 bits per heavy atom. The molecule has 2 rings (SSSR count). The Labute approximate surface area is 77.8 Å². The van der Waals surface area contributed by atoms with E-state index in [9.17, 15) is 5.11 Å². The Hall–Kier alpha value is -1.09.